The highest BCUT2D eigenvalue weighted by atomic mass is 16.6. The number of nitrogens with one attached hydrogen (secondary N) is 2. The molecular formula is C20H22N4O5. The maximum Gasteiger partial charge on any atom is 0.293 e. The number of carbonyl (C=O) groups is 2. The number of hydrogen-bond donors (Lipinski definition) is 2. The summed E-state index contributed by atoms with van der Waals surface area (Å²) in [6, 6.07) is 10.1. The predicted molar refractivity (Wildman–Crippen MR) is 108 cm³/mol. The third-order valence-electron chi connectivity index (χ3n) is 4.82. The lowest BCUT2D eigenvalue weighted by Crippen LogP contribution is -2.50. The van der Waals surface area contributed by atoms with E-state index in [-0.39, 0.29) is 30.4 Å². The summed E-state index contributed by atoms with van der Waals surface area (Å²) in [4.78, 5) is 37.3. The minimum absolute atomic E-state index is 0.0854. The van der Waals surface area contributed by atoms with E-state index < -0.39 is 16.9 Å². The summed E-state index contributed by atoms with van der Waals surface area (Å²) in [6.07, 6.45) is -0.765. The number of hydrogen-bond acceptors (Lipinski definition) is 6. The molecule has 0 radical (unpaired) electrons. The lowest BCUT2D eigenvalue weighted by atomic mass is 10.1. The van der Waals surface area contributed by atoms with Crippen molar-refractivity contribution in [3.05, 3.63) is 57.6 Å². The first-order valence-corrected chi connectivity index (χ1v) is 9.08. The first-order valence-electron chi connectivity index (χ1n) is 9.08. The number of fused-ring (bicyclic) bond motifs is 1. The second kappa shape index (κ2) is 8.17. The third-order valence-corrected chi connectivity index (χ3v) is 4.82. The smallest absolute Gasteiger partial charge is 0.293 e. The molecule has 2 N–H and O–H groups in total. The third kappa shape index (κ3) is 4.29. The Kier molecular flexibility index (Phi) is 5.67. The van der Waals surface area contributed by atoms with Gasteiger partial charge in [0, 0.05) is 13.1 Å². The fraction of sp³-hybridized carbons (Fsp3) is 0.300. The predicted octanol–water partition coefficient (Wildman–Crippen LogP) is 2.16. The molecule has 1 aliphatic heterocycles. The normalized spacial score (nSPS) is 15.1. The molecule has 0 spiro atoms. The Morgan fingerprint density at radius 2 is 1.93 bits per heavy atom. The Labute approximate surface area is 167 Å². The van der Waals surface area contributed by atoms with Crippen LogP contribution in [-0.4, -0.2) is 43.0 Å². The fourth-order valence-corrected chi connectivity index (χ4v) is 3.17. The molecule has 2 amide bonds. The maximum atomic E-state index is 12.7. The lowest BCUT2D eigenvalue weighted by molar-refractivity contribution is -0.384. The number of nitro benzene ring substituents is 1. The van der Waals surface area contributed by atoms with Crippen LogP contribution in [0.3, 0.4) is 0 Å². The highest BCUT2D eigenvalue weighted by Gasteiger charge is 2.31. The Morgan fingerprint density at radius 3 is 2.62 bits per heavy atom. The first kappa shape index (κ1) is 20.1. The minimum atomic E-state index is -0.765. The number of nitro groups is 1. The van der Waals surface area contributed by atoms with E-state index >= 15 is 0 Å². The lowest BCUT2D eigenvalue weighted by Gasteiger charge is -2.34. The molecule has 0 aliphatic carbocycles. The van der Waals surface area contributed by atoms with Crippen molar-refractivity contribution in [3.8, 4) is 5.75 Å². The number of para-hydroxylation sites is 2. The number of carbonyl (C=O) groups excluding carboxylic acids is 2. The van der Waals surface area contributed by atoms with Gasteiger partial charge in [0.1, 0.15) is 11.4 Å². The Bertz CT molecular complexity index is 975. The summed E-state index contributed by atoms with van der Waals surface area (Å²) < 4.78 is 5.72. The van der Waals surface area contributed by atoms with Gasteiger partial charge in [0.25, 0.3) is 11.6 Å². The number of nitrogens with zero attached hydrogens (tertiary/aromatic N) is 2. The second-order valence-electron chi connectivity index (χ2n) is 6.83. The van der Waals surface area contributed by atoms with Gasteiger partial charge in [0.15, 0.2) is 6.10 Å². The molecule has 0 fully saturated rings. The van der Waals surface area contributed by atoms with Crippen molar-refractivity contribution in [2.24, 2.45) is 0 Å². The molecule has 0 saturated heterocycles. The van der Waals surface area contributed by atoms with Gasteiger partial charge in [-0.05, 0) is 43.2 Å². The number of rotatable bonds is 5. The van der Waals surface area contributed by atoms with Crippen LogP contribution in [0.5, 0.6) is 5.75 Å². The molecule has 0 saturated carbocycles. The van der Waals surface area contributed by atoms with Crippen molar-refractivity contribution in [2.75, 3.05) is 30.4 Å². The van der Waals surface area contributed by atoms with Crippen molar-refractivity contribution in [1.29, 1.82) is 0 Å². The van der Waals surface area contributed by atoms with Gasteiger partial charge in [0.05, 0.1) is 23.7 Å². The molecule has 1 aliphatic rings. The van der Waals surface area contributed by atoms with Crippen molar-refractivity contribution in [2.45, 2.75) is 20.0 Å². The number of aryl methyl sites for hydroxylation is 2. The fourth-order valence-electron chi connectivity index (χ4n) is 3.17. The van der Waals surface area contributed by atoms with Gasteiger partial charge >= 0.3 is 0 Å². The average Bonchev–Trinajstić information content (AvgIpc) is 2.69. The largest absolute Gasteiger partial charge is 0.477 e. The second-order valence-corrected chi connectivity index (χ2v) is 6.83. The van der Waals surface area contributed by atoms with Gasteiger partial charge in [-0.3, -0.25) is 19.7 Å². The van der Waals surface area contributed by atoms with E-state index in [1.807, 2.05) is 13.0 Å². The molecule has 2 aromatic carbocycles. The van der Waals surface area contributed by atoms with E-state index in [2.05, 4.69) is 10.6 Å². The van der Waals surface area contributed by atoms with Crippen LogP contribution in [0.4, 0.5) is 17.1 Å². The van der Waals surface area contributed by atoms with E-state index in [9.17, 15) is 19.7 Å². The van der Waals surface area contributed by atoms with Crippen LogP contribution in [0.2, 0.25) is 0 Å². The molecular weight excluding hydrogens is 376 g/mol. The van der Waals surface area contributed by atoms with Crippen LogP contribution >= 0.6 is 0 Å². The first-order chi connectivity index (χ1) is 13.8. The van der Waals surface area contributed by atoms with Gasteiger partial charge in [-0.25, -0.2) is 0 Å². The van der Waals surface area contributed by atoms with Gasteiger partial charge in [-0.1, -0.05) is 12.1 Å². The molecule has 3 rings (SSSR count). The molecule has 152 valence electrons. The molecule has 0 aromatic heterocycles. The standard InChI is InChI=1S/C20H22N4O5/c1-12-8-14(16(24(27)28)9-13(12)2)22-19(25)11-23-10-18(20(26)21-3)29-17-7-5-4-6-15(17)23/h4-9,18H,10-11H2,1-3H3,(H,21,26)(H,22,25)/t18-/m0/s1. The number of likely N-dealkylation sites (N-methyl/N-ethyl adjacent to an activating group) is 1. The highest BCUT2D eigenvalue weighted by Crippen LogP contribution is 2.33. The molecule has 0 unspecified atom stereocenters. The summed E-state index contributed by atoms with van der Waals surface area (Å²) in [7, 11) is 1.52. The SMILES string of the molecule is CNC(=O)[C@@H]1CN(CC(=O)Nc2cc(C)c(C)cc2[N+](=O)[O-])c2ccccc2O1. The maximum absolute atomic E-state index is 12.7. The van der Waals surface area contributed by atoms with Crippen LogP contribution in [0.1, 0.15) is 11.1 Å². The molecule has 2 aromatic rings. The average molecular weight is 398 g/mol. The summed E-state index contributed by atoms with van der Waals surface area (Å²) in [5.41, 5.74) is 2.27. The van der Waals surface area contributed by atoms with E-state index in [4.69, 9.17) is 4.74 Å². The summed E-state index contributed by atoms with van der Waals surface area (Å²) in [5, 5.41) is 16.5. The molecule has 29 heavy (non-hydrogen) atoms. The summed E-state index contributed by atoms with van der Waals surface area (Å²) >= 11 is 0. The number of ether oxygens (including phenoxy) is 1. The Balaban J connectivity index is 1.82. The molecule has 9 heteroatoms. The van der Waals surface area contributed by atoms with E-state index in [1.54, 1.807) is 36.1 Å². The quantitative estimate of drug-likeness (QED) is 0.589. The van der Waals surface area contributed by atoms with E-state index in [0.717, 1.165) is 11.1 Å². The van der Waals surface area contributed by atoms with E-state index in [1.165, 1.54) is 13.1 Å². The van der Waals surface area contributed by atoms with Gasteiger partial charge in [-0.15, -0.1) is 0 Å². The molecule has 0 bridgehead atoms. The van der Waals surface area contributed by atoms with Crippen LogP contribution in [0.15, 0.2) is 36.4 Å². The zero-order valence-electron chi connectivity index (χ0n) is 16.4. The Hall–Kier alpha value is -3.62. The van der Waals surface area contributed by atoms with Crippen molar-refractivity contribution in [3.63, 3.8) is 0 Å². The van der Waals surface area contributed by atoms with Crippen molar-refractivity contribution < 1.29 is 19.2 Å². The van der Waals surface area contributed by atoms with Crippen LogP contribution < -0.4 is 20.3 Å². The van der Waals surface area contributed by atoms with Crippen molar-refractivity contribution in [1.82, 2.24) is 5.32 Å². The molecule has 1 atom stereocenters. The van der Waals surface area contributed by atoms with Crippen LogP contribution in [-0.2, 0) is 9.59 Å². The minimum Gasteiger partial charge on any atom is -0.477 e. The molecule has 9 nitrogen and oxygen atoms in total. The van der Waals surface area contributed by atoms with E-state index in [0.29, 0.717) is 11.4 Å². The summed E-state index contributed by atoms with van der Waals surface area (Å²) in [5.74, 6) is -0.226. The molecule has 1 heterocycles. The number of amides is 2. The van der Waals surface area contributed by atoms with Gasteiger partial charge in [-0.2, -0.15) is 0 Å². The van der Waals surface area contributed by atoms with Crippen LogP contribution in [0, 0.1) is 24.0 Å². The van der Waals surface area contributed by atoms with Crippen LogP contribution in [0.25, 0.3) is 0 Å². The van der Waals surface area contributed by atoms with Gasteiger partial charge < -0.3 is 20.3 Å². The zero-order valence-corrected chi connectivity index (χ0v) is 16.4. The Morgan fingerprint density at radius 1 is 1.24 bits per heavy atom. The highest BCUT2D eigenvalue weighted by molar-refractivity contribution is 5.97. The summed E-state index contributed by atoms with van der Waals surface area (Å²) in [6.45, 7) is 3.69. The zero-order chi connectivity index (χ0) is 21.1. The monoisotopic (exact) mass is 398 g/mol. The number of anilines is 2. The van der Waals surface area contributed by atoms with Crippen molar-refractivity contribution >= 4 is 28.9 Å². The van der Waals surface area contributed by atoms with Gasteiger partial charge in [0.2, 0.25) is 5.91 Å². The number of benzene rings is 2. The topological polar surface area (TPSA) is 114 Å².